The van der Waals surface area contributed by atoms with Crippen LogP contribution in [0.5, 0.6) is 5.75 Å². The number of aromatic hydroxyl groups is 1. The number of carbonyl (C=O) groups excluding carboxylic acids is 1. The Bertz CT molecular complexity index is 1020. The van der Waals surface area contributed by atoms with Gasteiger partial charge < -0.3 is 30.5 Å². The number of fused-ring (bicyclic) bond motifs is 1. The highest BCUT2D eigenvalue weighted by molar-refractivity contribution is 5.81. The summed E-state index contributed by atoms with van der Waals surface area (Å²) in [6.07, 6.45) is -1.84. The molecule has 3 heterocycles. The monoisotopic (exact) mass is 401 g/mol. The topological polar surface area (TPSA) is 166 Å². The molecule has 4 atom stereocenters. The van der Waals surface area contributed by atoms with Gasteiger partial charge in [0.15, 0.2) is 17.7 Å². The number of nitrogens with zero attached hydrogens (tertiary/aromatic N) is 4. The number of imidazole rings is 1. The number of hydrogen-bond donors (Lipinski definition) is 4. The molecule has 5 N–H and O–H groups in total. The SMILES string of the molecule is Nc1ncnc2c1ncn2[C@@H]1O[C@H](COC(=O)Cc2ccc(O)cc2)[C@@H](O)[C@H]1O. The first-order valence-electron chi connectivity index (χ1n) is 8.82. The van der Waals surface area contributed by atoms with E-state index < -0.39 is 30.5 Å². The van der Waals surface area contributed by atoms with Crippen LogP contribution in [-0.2, 0) is 20.7 Å². The number of rotatable bonds is 5. The fraction of sp³-hybridized carbons (Fsp3) is 0.333. The van der Waals surface area contributed by atoms with Gasteiger partial charge in [-0.05, 0) is 17.7 Å². The Morgan fingerprint density at radius 3 is 2.69 bits per heavy atom. The van der Waals surface area contributed by atoms with Crippen molar-refractivity contribution in [1.82, 2.24) is 19.5 Å². The molecule has 0 saturated carbocycles. The van der Waals surface area contributed by atoms with Crippen molar-refractivity contribution >= 4 is 23.0 Å². The van der Waals surface area contributed by atoms with Crippen molar-refractivity contribution < 1.29 is 29.6 Å². The van der Waals surface area contributed by atoms with Gasteiger partial charge in [-0.2, -0.15) is 0 Å². The first kappa shape index (κ1) is 19.1. The second kappa shape index (κ2) is 7.62. The molecule has 11 heteroatoms. The molecule has 0 bridgehead atoms. The smallest absolute Gasteiger partial charge is 0.310 e. The third-order valence-electron chi connectivity index (χ3n) is 4.69. The Morgan fingerprint density at radius 1 is 1.17 bits per heavy atom. The summed E-state index contributed by atoms with van der Waals surface area (Å²) in [6, 6.07) is 6.16. The second-order valence-corrected chi connectivity index (χ2v) is 6.66. The fourth-order valence-corrected chi connectivity index (χ4v) is 3.16. The van der Waals surface area contributed by atoms with E-state index in [2.05, 4.69) is 15.0 Å². The average molecular weight is 401 g/mol. The number of hydrogen-bond acceptors (Lipinski definition) is 10. The van der Waals surface area contributed by atoms with Gasteiger partial charge in [-0.1, -0.05) is 12.1 Å². The molecule has 0 spiro atoms. The van der Waals surface area contributed by atoms with E-state index in [1.54, 1.807) is 12.1 Å². The highest BCUT2D eigenvalue weighted by atomic mass is 16.6. The van der Waals surface area contributed by atoms with Crippen molar-refractivity contribution in [3.63, 3.8) is 0 Å². The molecule has 1 fully saturated rings. The minimum absolute atomic E-state index is 0.00255. The van der Waals surface area contributed by atoms with Gasteiger partial charge in [0, 0.05) is 0 Å². The van der Waals surface area contributed by atoms with Crippen molar-refractivity contribution in [2.24, 2.45) is 0 Å². The number of phenolic OH excluding ortho intramolecular Hbond substituents is 1. The number of aliphatic hydroxyl groups is 2. The summed E-state index contributed by atoms with van der Waals surface area (Å²) in [5.41, 5.74) is 7.12. The molecule has 152 valence electrons. The van der Waals surface area contributed by atoms with Crippen molar-refractivity contribution in [3.05, 3.63) is 42.5 Å². The summed E-state index contributed by atoms with van der Waals surface area (Å²) in [6.45, 7) is -0.241. The average Bonchev–Trinajstić information content (AvgIpc) is 3.25. The summed E-state index contributed by atoms with van der Waals surface area (Å²) >= 11 is 0. The second-order valence-electron chi connectivity index (χ2n) is 6.66. The third kappa shape index (κ3) is 3.70. The van der Waals surface area contributed by atoms with Crippen LogP contribution in [0.15, 0.2) is 36.9 Å². The number of phenols is 1. The standard InChI is InChI=1S/C18H19N5O6/c19-16-13-17(21-7-20-16)23(8-22-13)18-15(27)14(26)11(29-18)6-28-12(25)5-9-1-3-10(24)4-2-9/h1-4,7-8,11,14-15,18,24,26-27H,5-6H2,(H2,19,20,21)/t11-,14-,15-,18-/m1/s1. The van der Waals surface area contributed by atoms with Crippen molar-refractivity contribution in [2.75, 3.05) is 12.3 Å². The van der Waals surface area contributed by atoms with Gasteiger partial charge in [0.1, 0.15) is 42.5 Å². The van der Waals surface area contributed by atoms with Crippen LogP contribution >= 0.6 is 0 Å². The van der Waals surface area contributed by atoms with E-state index in [4.69, 9.17) is 15.2 Å². The van der Waals surface area contributed by atoms with E-state index in [9.17, 15) is 20.1 Å². The maximum Gasteiger partial charge on any atom is 0.310 e. The minimum Gasteiger partial charge on any atom is -0.508 e. The number of benzene rings is 1. The zero-order chi connectivity index (χ0) is 20.5. The van der Waals surface area contributed by atoms with E-state index in [0.717, 1.165) is 0 Å². The van der Waals surface area contributed by atoms with Crippen LogP contribution in [0.3, 0.4) is 0 Å². The zero-order valence-corrected chi connectivity index (χ0v) is 15.1. The van der Waals surface area contributed by atoms with E-state index in [-0.39, 0.29) is 24.6 Å². The van der Waals surface area contributed by atoms with Crippen LogP contribution < -0.4 is 5.73 Å². The molecule has 1 aromatic carbocycles. The number of anilines is 1. The first-order valence-corrected chi connectivity index (χ1v) is 8.82. The molecular weight excluding hydrogens is 382 g/mol. The number of aliphatic hydroxyl groups excluding tert-OH is 2. The van der Waals surface area contributed by atoms with Gasteiger partial charge in [-0.15, -0.1) is 0 Å². The van der Waals surface area contributed by atoms with Gasteiger partial charge in [0.2, 0.25) is 0 Å². The summed E-state index contributed by atoms with van der Waals surface area (Å²) in [7, 11) is 0. The fourth-order valence-electron chi connectivity index (χ4n) is 3.16. The summed E-state index contributed by atoms with van der Waals surface area (Å²) < 4.78 is 12.3. The maximum absolute atomic E-state index is 12.0. The van der Waals surface area contributed by atoms with Gasteiger partial charge in [-0.3, -0.25) is 9.36 Å². The van der Waals surface area contributed by atoms with Gasteiger partial charge in [0.25, 0.3) is 0 Å². The van der Waals surface area contributed by atoms with E-state index >= 15 is 0 Å². The lowest BCUT2D eigenvalue weighted by Crippen LogP contribution is -2.34. The molecule has 4 rings (SSSR count). The molecule has 0 radical (unpaired) electrons. The van der Waals surface area contributed by atoms with Gasteiger partial charge >= 0.3 is 5.97 Å². The van der Waals surface area contributed by atoms with E-state index in [1.165, 1.54) is 29.4 Å². The highest BCUT2D eigenvalue weighted by Crippen LogP contribution is 2.32. The Kier molecular flexibility index (Phi) is 5.01. The first-order chi connectivity index (χ1) is 13.9. The molecule has 11 nitrogen and oxygen atoms in total. The van der Waals surface area contributed by atoms with Gasteiger partial charge in [-0.25, -0.2) is 15.0 Å². The van der Waals surface area contributed by atoms with Crippen LogP contribution in [-0.4, -0.2) is 65.7 Å². The van der Waals surface area contributed by atoms with Crippen LogP contribution in [0.25, 0.3) is 11.2 Å². The molecule has 29 heavy (non-hydrogen) atoms. The van der Waals surface area contributed by atoms with E-state index in [0.29, 0.717) is 16.7 Å². The van der Waals surface area contributed by atoms with E-state index in [1.807, 2.05) is 0 Å². The Labute approximate surface area is 164 Å². The van der Waals surface area contributed by atoms with Crippen LogP contribution in [0.2, 0.25) is 0 Å². The zero-order valence-electron chi connectivity index (χ0n) is 15.1. The molecule has 1 aliphatic rings. The third-order valence-corrected chi connectivity index (χ3v) is 4.69. The van der Waals surface area contributed by atoms with Crippen molar-refractivity contribution in [1.29, 1.82) is 0 Å². The normalized spacial score (nSPS) is 24.1. The molecule has 0 amide bonds. The van der Waals surface area contributed by atoms with Crippen LogP contribution in [0.1, 0.15) is 11.8 Å². The number of nitrogen functional groups attached to an aromatic ring is 1. The lowest BCUT2D eigenvalue weighted by molar-refractivity contribution is -0.149. The number of ether oxygens (including phenoxy) is 2. The van der Waals surface area contributed by atoms with Crippen molar-refractivity contribution in [3.8, 4) is 5.75 Å². The molecule has 1 saturated heterocycles. The summed E-state index contributed by atoms with van der Waals surface area (Å²) in [5, 5.41) is 30.0. The van der Waals surface area contributed by atoms with Crippen LogP contribution in [0, 0.1) is 0 Å². The lowest BCUT2D eigenvalue weighted by atomic mass is 10.1. The highest BCUT2D eigenvalue weighted by Gasteiger charge is 2.44. The molecule has 0 unspecified atom stereocenters. The molecule has 2 aromatic heterocycles. The molecule has 1 aliphatic heterocycles. The number of carbonyl (C=O) groups is 1. The largest absolute Gasteiger partial charge is 0.508 e. The number of nitrogens with two attached hydrogens (primary N) is 1. The van der Waals surface area contributed by atoms with Gasteiger partial charge in [0.05, 0.1) is 12.7 Å². The Balaban J connectivity index is 1.41. The lowest BCUT2D eigenvalue weighted by Gasteiger charge is -2.16. The quantitative estimate of drug-likeness (QED) is 0.410. The van der Waals surface area contributed by atoms with Crippen LogP contribution in [0.4, 0.5) is 5.82 Å². The number of aromatic nitrogens is 4. The number of esters is 1. The minimum atomic E-state index is -1.29. The summed E-state index contributed by atoms with van der Waals surface area (Å²) in [4.78, 5) is 24.1. The molecular formula is C18H19N5O6. The molecule has 0 aliphatic carbocycles. The Hall–Kier alpha value is -3.28. The molecule has 3 aromatic rings. The maximum atomic E-state index is 12.0. The summed E-state index contributed by atoms with van der Waals surface area (Å²) in [5.74, 6) is -0.247. The predicted molar refractivity (Wildman–Crippen MR) is 98.4 cm³/mol. The van der Waals surface area contributed by atoms with Crippen molar-refractivity contribution in [2.45, 2.75) is 31.0 Å². The Morgan fingerprint density at radius 2 is 1.93 bits per heavy atom. The predicted octanol–water partition coefficient (Wildman–Crippen LogP) is -0.481.